The number of benzene rings is 1. The standard InChI is InChI=1S/C13H17F2NO2/c1-8-5-6-9(11(14)15)7-10(8)16-12(17)18-13(2,3)4/h5-7,11H,1-4H3,(H,16,17). The van der Waals surface area contributed by atoms with Crippen molar-refractivity contribution in [3.63, 3.8) is 0 Å². The van der Waals surface area contributed by atoms with E-state index in [1.54, 1.807) is 27.7 Å². The third-order valence-corrected chi connectivity index (χ3v) is 2.15. The first-order valence-corrected chi connectivity index (χ1v) is 5.58. The van der Waals surface area contributed by atoms with E-state index in [0.29, 0.717) is 11.3 Å². The van der Waals surface area contributed by atoms with Crippen LogP contribution in [0, 0.1) is 6.92 Å². The number of carbonyl (C=O) groups is 1. The molecule has 1 amide bonds. The van der Waals surface area contributed by atoms with E-state index in [0.717, 1.165) is 0 Å². The Kier molecular flexibility index (Phi) is 4.27. The Hall–Kier alpha value is -1.65. The van der Waals surface area contributed by atoms with E-state index in [1.807, 2.05) is 0 Å². The van der Waals surface area contributed by atoms with Gasteiger partial charge >= 0.3 is 6.09 Å². The van der Waals surface area contributed by atoms with Crippen LogP contribution in [-0.2, 0) is 4.74 Å². The summed E-state index contributed by atoms with van der Waals surface area (Å²) in [6, 6.07) is 4.12. The van der Waals surface area contributed by atoms with Gasteiger partial charge in [0.1, 0.15) is 5.60 Å². The first kappa shape index (κ1) is 14.4. The maximum Gasteiger partial charge on any atom is 0.412 e. The topological polar surface area (TPSA) is 38.3 Å². The van der Waals surface area contributed by atoms with Crippen LogP contribution in [-0.4, -0.2) is 11.7 Å². The lowest BCUT2D eigenvalue weighted by atomic mass is 10.1. The van der Waals surface area contributed by atoms with Crippen LogP contribution < -0.4 is 5.32 Å². The van der Waals surface area contributed by atoms with E-state index in [1.165, 1.54) is 18.2 Å². The zero-order valence-corrected chi connectivity index (χ0v) is 10.9. The number of halogens is 2. The summed E-state index contributed by atoms with van der Waals surface area (Å²) in [5.41, 5.74) is 0.275. The zero-order chi connectivity index (χ0) is 13.9. The van der Waals surface area contributed by atoms with Crippen LogP contribution in [0.4, 0.5) is 19.3 Å². The molecule has 1 aromatic carbocycles. The SMILES string of the molecule is Cc1ccc(C(F)F)cc1NC(=O)OC(C)(C)C. The van der Waals surface area contributed by atoms with Gasteiger partial charge in [-0.25, -0.2) is 13.6 Å². The molecule has 0 radical (unpaired) electrons. The monoisotopic (exact) mass is 257 g/mol. The molecule has 5 heteroatoms. The van der Waals surface area contributed by atoms with Crippen molar-refractivity contribution in [2.45, 2.75) is 39.7 Å². The van der Waals surface area contributed by atoms with Crippen molar-refractivity contribution in [2.24, 2.45) is 0 Å². The highest BCUT2D eigenvalue weighted by atomic mass is 19.3. The van der Waals surface area contributed by atoms with E-state index in [-0.39, 0.29) is 5.56 Å². The molecule has 1 N–H and O–H groups in total. The van der Waals surface area contributed by atoms with Crippen LogP contribution in [0.2, 0.25) is 0 Å². The second kappa shape index (κ2) is 5.33. The molecule has 0 aliphatic heterocycles. The molecule has 0 atom stereocenters. The molecule has 0 fully saturated rings. The fraction of sp³-hybridized carbons (Fsp3) is 0.462. The van der Waals surface area contributed by atoms with Crippen LogP contribution in [0.15, 0.2) is 18.2 Å². The van der Waals surface area contributed by atoms with E-state index in [9.17, 15) is 13.6 Å². The van der Waals surface area contributed by atoms with Crippen molar-refractivity contribution in [1.29, 1.82) is 0 Å². The number of aryl methyl sites for hydroxylation is 1. The van der Waals surface area contributed by atoms with Crippen LogP contribution in [0.25, 0.3) is 0 Å². The number of carbonyl (C=O) groups excluding carboxylic acids is 1. The number of amides is 1. The maximum atomic E-state index is 12.5. The first-order chi connectivity index (χ1) is 8.19. The summed E-state index contributed by atoms with van der Waals surface area (Å²) in [6.45, 7) is 6.92. The lowest BCUT2D eigenvalue weighted by Gasteiger charge is -2.20. The molecule has 0 unspecified atom stereocenters. The molecule has 0 bridgehead atoms. The third kappa shape index (κ3) is 4.31. The lowest BCUT2D eigenvalue weighted by molar-refractivity contribution is 0.0635. The van der Waals surface area contributed by atoms with Gasteiger partial charge < -0.3 is 4.74 Å². The minimum Gasteiger partial charge on any atom is -0.444 e. The van der Waals surface area contributed by atoms with E-state index >= 15 is 0 Å². The molecule has 0 aliphatic carbocycles. The summed E-state index contributed by atoms with van der Waals surface area (Å²) in [7, 11) is 0. The molecule has 3 nitrogen and oxygen atoms in total. The van der Waals surface area contributed by atoms with Crippen LogP contribution in [0.5, 0.6) is 0 Å². The highest BCUT2D eigenvalue weighted by Crippen LogP contribution is 2.25. The van der Waals surface area contributed by atoms with Gasteiger partial charge in [-0.15, -0.1) is 0 Å². The molecule has 0 saturated heterocycles. The second-order valence-corrected chi connectivity index (χ2v) is 5.00. The Labute approximate surface area is 105 Å². The molecule has 18 heavy (non-hydrogen) atoms. The number of alkyl halides is 2. The number of hydrogen-bond donors (Lipinski definition) is 1. The van der Waals surface area contributed by atoms with Crippen molar-refractivity contribution in [3.05, 3.63) is 29.3 Å². The number of nitrogens with one attached hydrogen (secondary N) is 1. The van der Waals surface area contributed by atoms with Gasteiger partial charge in [-0.2, -0.15) is 0 Å². The number of rotatable bonds is 2. The Morgan fingerprint density at radius 1 is 1.33 bits per heavy atom. The van der Waals surface area contributed by atoms with Crippen molar-refractivity contribution in [2.75, 3.05) is 5.32 Å². The minimum atomic E-state index is -2.57. The highest BCUT2D eigenvalue weighted by Gasteiger charge is 2.17. The van der Waals surface area contributed by atoms with Crippen molar-refractivity contribution in [3.8, 4) is 0 Å². The smallest absolute Gasteiger partial charge is 0.412 e. The van der Waals surface area contributed by atoms with Crippen LogP contribution in [0.1, 0.15) is 38.3 Å². The summed E-state index contributed by atoms with van der Waals surface area (Å²) >= 11 is 0. The van der Waals surface area contributed by atoms with Gasteiger partial charge in [-0.05, 0) is 39.3 Å². The van der Waals surface area contributed by atoms with E-state index in [2.05, 4.69) is 5.32 Å². The van der Waals surface area contributed by atoms with Crippen molar-refractivity contribution < 1.29 is 18.3 Å². The number of ether oxygens (including phenoxy) is 1. The van der Waals surface area contributed by atoms with Gasteiger partial charge in [0, 0.05) is 11.3 Å². The van der Waals surface area contributed by atoms with Crippen molar-refractivity contribution >= 4 is 11.8 Å². The van der Waals surface area contributed by atoms with Gasteiger partial charge in [0.2, 0.25) is 0 Å². The molecule has 0 heterocycles. The quantitative estimate of drug-likeness (QED) is 0.858. The lowest BCUT2D eigenvalue weighted by Crippen LogP contribution is -2.27. The fourth-order valence-corrected chi connectivity index (χ4v) is 1.32. The predicted octanol–water partition coefficient (Wildman–Crippen LogP) is 4.28. The molecule has 0 saturated carbocycles. The normalized spacial score (nSPS) is 11.5. The summed E-state index contributed by atoms with van der Waals surface area (Å²) in [5.74, 6) is 0. The van der Waals surface area contributed by atoms with Gasteiger partial charge in [0.05, 0.1) is 0 Å². The molecule has 0 aromatic heterocycles. The third-order valence-electron chi connectivity index (χ3n) is 2.15. The van der Waals surface area contributed by atoms with E-state index < -0.39 is 18.1 Å². The Balaban J connectivity index is 2.84. The van der Waals surface area contributed by atoms with Gasteiger partial charge in [-0.1, -0.05) is 12.1 Å². The average molecular weight is 257 g/mol. The van der Waals surface area contributed by atoms with E-state index in [4.69, 9.17) is 4.74 Å². The molecular formula is C13H17F2NO2. The first-order valence-electron chi connectivity index (χ1n) is 5.58. The highest BCUT2D eigenvalue weighted by molar-refractivity contribution is 5.86. The second-order valence-electron chi connectivity index (χ2n) is 5.00. The van der Waals surface area contributed by atoms with Crippen molar-refractivity contribution in [1.82, 2.24) is 0 Å². The molecule has 1 aromatic rings. The maximum absolute atomic E-state index is 12.5. The largest absolute Gasteiger partial charge is 0.444 e. The van der Waals surface area contributed by atoms with Crippen LogP contribution >= 0.6 is 0 Å². The molecular weight excluding hydrogens is 240 g/mol. The molecule has 1 rings (SSSR count). The van der Waals surface area contributed by atoms with Gasteiger partial charge in [-0.3, -0.25) is 5.32 Å². The summed E-state index contributed by atoms with van der Waals surface area (Å²) in [5, 5.41) is 2.47. The number of hydrogen-bond acceptors (Lipinski definition) is 2. The van der Waals surface area contributed by atoms with Gasteiger partial charge in [0.25, 0.3) is 6.43 Å². The molecule has 0 aliphatic rings. The zero-order valence-electron chi connectivity index (χ0n) is 10.9. The Morgan fingerprint density at radius 2 is 1.94 bits per heavy atom. The summed E-state index contributed by atoms with van der Waals surface area (Å²) < 4.78 is 30.1. The van der Waals surface area contributed by atoms with Crippen LogP contribution in [0.3, 0.4) is 0 Å². The Morgan fingerprint density at radius 3 is 2.44 bits per heavy atom. The fourth-order valence-electron chi connectivity index (χ4n) is 1.32. The minimum absolute atomic E-state index is 0.133. The predicted molar refractivity (Wildman–Crippen MR) is 66.0 cm³/mol. The summed E-state index contributed by atoms with van der Waals surface area (Å²) in [6.07, 6.45) is -3.22. The summed E-state index contributed by atoms with van der Waals surface area (Å²) in [4.78, 5) is 11.5. The Bertz CT molecular complexity index is 439. The molecule has 0 spiro atoms. The number of anilines is 1. The van der Waals surface area contributed by atoms with Gasteiger partial charge in [0.15, 0.2) is 0 Å². The molecule has 100 valence electrons. The average Bonchev–Trinajstić information content (AvgIpc) is 2.18.